The van der Waals surface area contributed by atoms with E-state index in [-0.39, 0.29) is 35.3 Å². The minimum atomic E-state index is -0.807. The average Bonchev–Trinajstić information content (AvgIpc) is 2.65. The summed E-state index contributed by atoms with van der Waals surface area (Å²) >= 11 is 0. The van der Waals surface area contributed by atoms with Gasteiger partial charge in [-0.25, -0.2) is 13.8 Å². The van der Waals surface area contributed by atoms with Gasteiger partial charge in [-0.3, -0.25) is 4.79 Å². The van der Waals surface area contributed by atoms with Gasteiger partial charge in [0, 0.05) is 12.0 Å². The van der Waals surface area contributed by atoms with Crippen LogP contribution in [0.15, 0.2) is 36.5 Å². The Morgan fingerprint density at radius 2 is 1.96 bits per heavy atom. The molecule has 1 atom stereocenters. The summed E-state index contributed by atoms with van der Waals surface area (Å²) < 4.78 is 31.9. The fourth-order valence-electron chi connectivity index (χ4n) is 3.26. The van der Waals surface area contributed by atoms with E-state index in [4.69, 9.17) is 4.74 Å². The number of amides is 1. The molecule has 2 aromatic rings. The number of aliphatic hydroxyl groups excluding tert-OH is 1. The van der Waals surface area contributed by atoms with Gasteiger partial charge in [0.1, 0.15) is 17.4 Å². The first-order valence-electron chi connectivity index (χ1n) is 9.00. The lowest BCUT2D eigenvalue weighted by atomic mass is 9.79. The smallest absolute Gasteiger partial charge is 0.228 e. The Morgan fingerprint density at radius 1 is 1.22 bits per heavy atom. The lowest BCUT2D eigenvalue weighted by Gasteiger charge is -2.29. The van der Waals surface area contributed by atoms with Crippen molar-refractivity contribution in [3.05, 3.63) is 48.2 Å². The van der Waals surface area contributed by atoms with Crippen LogP contribution < -0.4 is 10.1 Å². The van der Waals surface area contributed by atoms with Gasteiger partial charge >= 0.3 is 0 Å². The molecule has 0 bridgehead atoms. The Kier molecular flexibility index (Phi) is 6.01. The monoisotopic (exact) mass is 376 g/mol. The Hall–Kier alpha value is -2.54. The third-order valence-electron chi connectivity index (χ3n) is 4.97. The number of halogens is 2. The number of carbonyl (C=O) groups is 1. The van der Waals surface area contributed by atoms with Gasteiger partial charge in [-0.05, 0) is 55.9 Å². The summed E-state index contributed by atoms with van der Waals surface area (Å²) in [4.78, 5) is 16.5. The molecule has 0 spiro atoms. The fraction of sp³-hybridized carbons (Fsp3) is 0.400. The second kappa shape index (κ2) is 8.43. The minimum Gasteiger partial charge on any atom is -0.453 e. The molecule has 0 aliphatic heterocycles. The lowest BCUT2D eigenvalue weighted by Crippen LogP contribution is -2.31. The highest BCUT2D eigenvalue weighted by atomic mass is 19.1. The van der Waals surface area contributed by atoms with Gasteiger partial charge < -0.3 is 15.2 Å². The van der Waals surface area contributed by atoms with Crippen molar-refractivity contribution in [2.45, 2.75) is 38.7 Å². The van der Waals surface area contributed by atoms with E-state index in [1.54, 1.807) is 12.1 Å². The molecule has 2 N–H and O–H groups in total. The fourth-order valence-corrected chi connectivity index (χ4v) is 3.26. The number of aromatic nitrogens is 1. The third kappa shape index (κ3) is 5.01. The highest BCUT2D eigenvalue weighted by Gasteiger charge is 2.28. The maximum Gasteiger partial charge on any atom is 0.228 e. The van der Waals surface area contributed by atoms with Crippen molar-refractivity contribution in [3.63, 3.8) is 0 Å². The van der Waals surface area contributed by atoms with Crippen molar-refractivity contribution in [2.75, 3.05) is 5.32 Å². The number of nitrogens with one attached hydrogen (secondary N) is 1. The van der Waals surface area contributed by atoms with Gasteiger partial charge in [0.25, 0.3) is 0 Å². The van der Waals surface area contributed by atoms with Crippen molar-refractivity contribution in [3.8, 4) is 11.5 Å². The number of ether oxygens (including phenoxy) is 1. The number of rotatable bonds is 5. The summed E-state index contributed by atoms with van der Waals surface area (Å²) in [7, 11) is 0. The van der Waals surface area contributed by atoms with Crippen molar-refractivity contribution in [2.24, 2.45) is 11.8 Å². The molecule has 5 nitrogen and oxygen atoms in total. The summed E-state index contributed by atoms with van der Waals surface area (Å²) in [5, 5.41) is 12.3. The van der Waals surface area contributed by atoms with E-state index in [9.17, 15) is 18.7 Å². The van der Waals surface area contributed by atoms with Crippen LogP contribution in [-0.4, -0.2) is 22.1 Å². The molecule has 1 unspecified atom stereocenters. The Bertz CT molecular complexity index is 790. The van der Waals surface area contributed by atoms with Crippen molar-refractivity contribution in [1.82, 2.24) is 4.98 Å². The molecule has 7 heteroatoms. The second-order valence-corrected chi connectivity index (χ2v) is 6.90. The van der Waals surface area contributed by atoms with Crippen LogP contribution in [0, 0.1) is 23.5 Å². The van der Waals surface area contributed by atoms with Gasteiger partial charge in [0.05, 0.1) is 12.3 Å². The molecule has 0 saturated heterocycles. The molecule has 0 radical (unpaired) electrons. The van der Waals surface area contributed by atoms with Crippen LogP contribution in [0.1, 0.15) is 32.6 Å². The van der Waals surface area contributed by atoms with Crippen LogP contribution >= 0.6 is 0 Å². The van der Waals surface area contributed by atoms with Gasteiger partial charge in [-0.1, -0.05) is 6.92 Å². The Labute approximate surface area is 156 Å². The third-order valence-corrected chi connectivity index (χ3v) is 4.97. The normalized spacial score (nSPS) is 20.7. The number of anilines is 1. The molecule has 3 rings (SSSR count). The summed E-state index contributed by atoms with van der Waals surface area (Å²) in [6.45, 7) is 1.88. The maximum absolute atomic E-state index is 13.6. The topological polar surface area (TPSA) is 71.5 Å². The number of pyridine rings is 1. The van der Waals surface area contributed by atoms with Gasteiger partial charge in [-0.2, -0.15) is 0 Å². The molecule has 27 heavy (non-hydrogen) atoms. The van der Waals surface area contributed by atoms with E-state index in [0.717, 1.165) is 37.8 Å². The minimum absolute atomic E-state index is 0.108. The molecule has 1 aromatic heterocycles. The summed E-state index contributed by atoms with van der Waals surface area (Å²) in [5.41, 5.74) is 0. The van der Waals surface area contributed by atoms with E-state index in [1.807, 2.05) is 6.92 Å². The molecule has 1 amide bonds. The molecular weight excluding hydrogens is 354 g/mol. The summed E-state index contributed by atoms with van der Waals surface area (Å²) in [6.07, 6.45) is 4.23. The maximum atomic E-state index is 13.6. The number of aliphatic hydroxyl groups is 1. The molecular formula is C20H22F2N2O3. The first kappa shape index (κ1) is 19.2. The largest absolute Gasteiger partial charge is 0.453 e. The van der Waals surface area contributed by atoms with Crippen LogP contribution in [0.4, 0.5) is 14.6 Å². The Balaban J connectivity index is 1.57. The van der Waals surface area contributed by atoms with Gasteiger partial charge in [0.2, 0.25) is 5.91 Å². The first-order valence-corrected chi connectivity index (χ1v) is 9.00. The highest BCUT2D eigenvalue weighted by Crippen LogP contribution is 2.31. The molecule has 1 aliphatic carbocycles. The zero-order valence-electron chi connectivity index (χ0n) is 15.0. The number of nitrogens with zero attached hydrogens (tertiary/aromatic N) is 1. The predicted molar refractivity (Wildman–Crippen MR) is 96.4 cm³/mol. The van der Waals surface area contributed by atoms with E-state index in [1.165, 1.54) is 12.3 Å². The first-order chi connectivity index (χ1) is 12.9. The van der Waals surface area contributed by atoms with Crippen LogP contribution in [-0.2, 0) is 4.79 Å². The molecule has 1 fully saturated rings. The molecule has 1 saturated carbocycles. The molecule has 144 valence electrons. The highest BCUT2D eigenvalue weighted by molar-refractivity contribution is 5.91. The molecule has 1 aliphatic rings. The van der Waals surface area contributed by atoms with E-state index < -0.39 is 11.6 Å². The SMILES string of the molecule is CC(C(=O)Nc1ccc(Oc2ccc(F)cc2F)cn1)C1CCC(O)CC1. The van der Waals surface area contributed by atoms with Gasteiger partial charge in [-0.15, -0.1) is 0 Å². The lowest BCUT2D eigenvalue weighted by molar-refractivity contribution is -0.121. The van der Waals surface area contributed by atoms with Crippen LogP contribution in [0.2, 0.25) is 0 Å². The number of carbonyl (C=O) groups excluding carboxylic acids is 1. The Morgan fingerprint density at radius 3 is 2.59 bits per heavy atom. The average molecular weight is 376 g/mol. The number of benzene rings is 1. The molecule has 1 aromatic carbocycles. The van der Waals surface area contributed by atoms with Crippen molar-refractivity contribution in [1.29, 1.82) is 0 Å². The summed E-state index contributed by atoms with van der Waals surface area (Å²) in [5.74, 6) is -1.01. The number of hydrogen-bond acceptors (Lipinski definition) is 4. The second-order valence-electron chi connectivity index (χ2n) is 6.90. The predicted octanol–water partition coefficient (Wildman–Crippen LogP) is 4.28. The molecule has 1 heterocycles. The van der Waals surface area contributed by atoms with E-state index >= 15 is 0 Å². The van der Waals surface area contributed by atoms with Crippen LogP contribution in [0.3, 0.4) is 0 Å². The standard InChI is InChI=1S/C20H22F2N2O3/c1-12(13-2-5-15(25)6-3-13)20(26)24-19-9-7-16(11-23-19)27-18-8-4-14(21)10-17(18)22/h4,7-13,15,25H,2-3,5-6H2,1H3,(H,23,24,26). The zero-order valence-corrected chi connectivity index (χ0v) is 15.0. The van der Waals surface area contributed by atoms with Crippen molar-refractivity contribution >= 4 is 11.7 Å². The van der Waals surface area contributed by atoms with E-state index in [0.29, 0.717) is 5.82 Å². The summed E-state index contributed by atoms with van der Waals surface area (Å²) in [6, 6.07) is 6.15. The van der Waals surface area contributed by atoms with Crippen molar-refractivity contribution < 1.29 is 23.4 Å². The van der Waals surface area contributed by atoms with Crippen LogP contribution in [0.25, 0.3) is 0 Å². The zero-order chi connectivity index (χ0) is 19.4. The van der Waals surface area contributed by atoms with E-state index in [2.05, 4.69) is 10.3 Å². The number of hydrogen-bond donors (Lipinski definition) is 2. The van der Waals surface area contributed by atoms with Crippen LogP contribution in [0.5, 0.6) is 11.5 Å². The van der Waals surface area contributed by atoms with Gasteiger partial charge in [0.15, 0.2) is 11.6 Å². The quantitative estimate of drug-likeness (QED) is 0.817.